The van der Waals surface area contributed by atoms with Crippen LogP contribution in [0.1, 0.15) is 21.5 Å². The predicted octanol–water partition coefficient (Wildman–Crippen LogP) is 5.53. The molecule has 1 heterocycles. The summed E-state index contributed by atoms with van der Waals surface area (Å²) in [6, 6.07) is 9.37. The number of carbonyl (C=O) groups excluding carboxylic acids is 1. The molecule has 0 unspecified atom stereocenters. The molecule has 0 amide bonds. The summed E-state index contributed by atoms with van der Waals surface area (Å²) in [6.07, 6.45) is 3.21. The van der Waals surface area contributed by atoms with Crippen LogP contribution in [-0.4, -0.2) is 33.7 Å². The van der Waals surface area contributed by atoms with E-state index in [1.54, 1.807) is 18.2 Å². The molecular formula is C24H22F2O6. The number of methoxy groups -OCH3 is 3. The molecule has 0 aliphatic carbocycles. The molecule has 168 valence electrons. The molecule has 0 saturated carbocycles. The number of rotatable bonds is 10. The van der Waals surface area contributed by atoms with E-state index in [1.165, 1.54) is 51.9 Å². The molecule has 32 heavy (non-hydrogen) atoms. The van der Waals surface area contributed by atoms with Crippen LogP contribution >= 0.6 is 0 Å². The van der Waals surface area contributed by atoms with Gasteiger partial charge in [-0.1, -0.05) is 6.08 Å². The van der Waals surface area contributed by atoms with Crippen molar-refractivity contribution in [1.29, 1.82) is 0 Å². The number of ether oxygens (including phenoxy) is 4. The number of furan rings is 1. The molecule has 8 heteroatoms. The van der Waals surface area contributed by atoms with Gasteiger partial charge in [-0.05, 0) is 48.4 Å². The summed E-state index contributed by atoms with van der Waals surface area (Å²) >= 11 is 0. The zero-order valence-electron chi connectivity index (χ0n) is 17.8. The Bertz CT molecular complexity index is 1080. The maximum Gasteiger partial charge on any atom is 0.387 e. The molecule has 0 radical (unpaired) electrons. The lowest BCUT2D eigenvalue weighted by atomic mass is 9.94. The monoisotopic (exact) mass is 444 g/mol. The van der Waals surface area contributed by atoms with Crippen molar-refractivity contribution in [3.05, 3.63) is 72.0 Å². The first kappa shape index (κ1) is 22.9. The number of allylic oxidation sites excluding steroid dienone is 1. The average Bonchev–Trinajstić information content (AvgIpc) is 3.33. The Balaban J connectivity index is 2.24. The van der Waals surface area contributed by atoms with E-state index in [2.05, 4.69) is 6.58 Å². The van der Waals surface area contributed by atoms with Crippen molar-refractivity contribution in [3.8, 4) is 34.3 Å². The molecular weight excluding hydrogens is 422 g/mol. The molecule has 0 bridgehead atoms. The zero-order valence-corrected chi connectivity index (χ0v) is 17.8. The van der Waals surface area contributed by atoms with E-state index in [-0.39, 0.29) is 34.8 Å². The summed E-state index contributed by atoms with van der Waals surface area (Å²) < 4.78 is 52.6. The highest BCUT2D eigenvalue weighted by atomic mass is 19.3. The molecule has 0 aliphatic heterocycles. The number of halogens is 2. The molecule has 0 N–H and O–H groups in total. The van der Waals surface area contributed by atoms with Gasteiger partial charge in [0.25, 0.3) is 0 Å². The number of ketones is 1. The summed E-state index contributed by atoms with van der Waals surface area (Å²) in [5, 5.41) is 0. The summed E-state index contributed by atoms with van der Waals surface area (Å²) in [7, 11) is 4.26. The fourth-order valence-corrected chi connectivity index (χ4v) is 3.35. The van der Waals surface area contributed by atoms with Gasteiger partial charge in [0.15, 0.2) is 17.3 Å². The summed E-state index contributed by atoms with van der Waals surface area (Å²) in [5.41, 5.74) is 0.972. The van der Waals surface area contributed by atoms with Crippen LogP contribution in [0.3, 0.4) is 0 Å². The smallest absolute Gasteiger partial charge is 0.387 e. The van der Waals surface area contributed by atoms with Crippen molar-refractivity contribution in [2.24, 2.45) is 0 Å². The fraction of sp³-hybridized carbons (Fsp3) is 0.208. The maximum atomic E-state index is 13.5. The third-order valence-electron chi connectivity index (χ3n) is 4.71. The highest BCUT2D eigenvalue weighted by Crippen LogP contribution is 2.40. The molecule has 0 fully saturated rings. The van der Waals surface area contributed by atoms with Crippen molar-refractivity contribution in [2.75, 3.05) is 21.3 Å². The Hall–Kier alpha value is -3.81. The second kappa shape index (κ2) is 10.00. The SMILES string of the molecule is C=CCc1cc(-c2ccco2)cc(C(=O)c2cc(OC)c(OC)c(OC)c2)c1OC(F)F. The Morgan fingerprint density at radius 2 is 1.75 bits per heavy atom. The Labute approximate surface area is 184 Å². The molecule has 0 atom stereocenters. The van der Waals surface area contributed by atoms with Crippen molar-refractivity contribution in [1.82, 2.24) is 0 Å². The Morgan fingerprint density at radius 3 is 2.25 bits per heavy atom. The van der Waals surface area contributed by atoms with Gasteiger partial charge in [-0.25, -0.2) is 0 Å². The van der Waals surface area contributed by atoms with Gasteiger partial charge in [-0.3, -0.25) is 4.79 Å². The van der Waals surface area contributed by atoms with Crippen molar-refractivity contribution >= 4 is 5.78 Å². The molecule has 6 nitrogen and oxygen atoms in total. The molecule has 0 spiro atoms. The van der Waals surface area contributed by atoms with Gasteiger partial charge in [0.1, 0.15) is 11.5 Å². The van der Waals surface area contributed by atoms with Crippen LogP contribution in [0.5, 0.6) is 23.0 Å². The van der Waals surface area contributed by atoms with E-state index in [0.717, 1.165) is 0 Å². The van der Waals surface area contributed by atoms with Gasteiger partial charge >= 0.3 is 6.61 Å². The summed E-state index contributed by atoms with van der Waals surface area (Å²) in [6.45, 7) is 0.542. The van der Waals surface area contributed by atoms with Crippen LogP contribution in [0.2, 0.25) is 0 Å². The van der Waals surface area contributed by atoms with E-state index in [4.69, 9.17) is 23.4 Å². The third-order valence-corrected chi connectivity index (χ3v) is 4.71. The van der Waals surface area contributed by atoms with Crippen LogP contribution < -0.4 is 18.9 Å². The van der Waals surface area contributed by atoms with Gasteiger partial charge in [-0.2, -0.15) is 8.78 Å². The van der Waals surface area contributed by atoms with Crippen molar-refractivity contribution in [2.45, 2.75) is 13.0 Å². The number of hydrogen-bond acceptors (Lipinski definition) is 6. The summed E-state index contributed by atoms with van der Waals surface area (Å²) in [5.74, 6) is 0.470. The topological polar surface area (TPSA) is 67.1 Å². The summed E-state index contributed by atoms with van der Waals surface area (Å²) in [4.78, 5) is 13.5. The van der Waals surface area contributed by atoms with Crippen LogP contribution in [0, 0.1) is 0 Å². The first-order chi connectivity index (χ1) is 15.4. The molecule has 3 aromatic rings. The highest BCUT2D eigenvalue weighted by molar-refractivity contribution is 6.12. The van der Waals surface area contributed by atoms with Gasteiger partial charge in [0.05, 0.1) is 33.2 Å². The standard InChI is InChI=1S/C24H22F2O6/c1-5-7-14-10-15(18-8-6-9-31-18)11-17(22(14)32-24(25)26)21(27)16-12-19(28-2)23(30-4)20(13-16)29-3/h5-6,8-13,24H,1,7H2,2-4H3. The van der Waals surface area contributed by atoms with Crippen LogP contribution in [0.4, 0.5) is 8.78 Å². The first-order valence-electron chi connectivity index (χ1n) is 9.54. The maximum absolute atomic E-state index is 13.5. The zero-order chi connectivity index (χ0) is 23.3. The van der Waals surface area contributed by atoms with Gasteiger partial charge in [0, 0.05) is 11.1 Å². The minimum absolute atomic E-state index is 0.0645. The molecule has 3 rings (SSSR count). The van der Waals surface area contributed by atoms with Gasteiger partial charge in [-0.15, -0.1) is 6.58 Å². The fourth-order valence-electron chi connectivity index (χ4n) is 3.35. The molecule has 1 aromatic heterocycles. The lowest BCUT2D eigenvalue weighted by Gasteiger charge is -2.17. The Kier molecular flexibility index (Phi) is 7.14. The van der Waals surface area contributed by atoms with Crippen LogP contribution in [0.15, 0.2) is 59.7 Å². The minimum Gasteiger partial charge on any atom is -0.493 e. The lowest BCUT2D eigenvalue weighted by Crippen LogP contribution is -2.12. The van der Waals surface area contributed by atoms with E-state index in [9.17, 15) is 13.6 Å². The first-order valence-corrected chi connectivity index (χ1v) is 9.54. The largest absolute Gasteiger partial charge is 0.493 e. The molecule has 0 aliphatic rings. The average molecular weight is 444 g/mol. The minimum atomic E-state index is -3.13. The quantitative estimate of drug-likeness (QED) is 0.302. The van der Waals surface area contributed by atoms with Crippen LogP contribution in [-0.2, 0) is 6.42 Å². The van der Waals surface area contributed by atoms with E-state index in [0.29, 0.717) is 22.6 Å². The van der Waals surface area contributed by atoms with Gasteiger partial charge in [0.2, 0.25) is 5.75 Å². The van der Waals surface area contributed by atoms with E-state index < -0.39 is 12.4 Å². The highest BCUT2D eigenvalue weighted by Gasteiger charge is 2.25. The third kappa shape index (κ3) is 4.59. The number of alkyl halides is 2. The number of carbonyl (C=O) groups is 1. The van der Waals surface area contributed by atoms with E-state index in [1.807, 2.05) is 0 Å². The predicted molar refractivity (Wildman–Crippen MR) is 114 cm³/mol. The second-order valence-corrected chi connectivity index (χ2v) is 6.60. The second-order valence-electron chi connectivity index (χ2n) is 6.60. The normalized spacial score (nSPS) is 10.7. The Morgan fingerprint density at radius 1 is 1.06 bits per heavy atom. The molecule has 0 saturated heterocycles. The molecule has 2 aromatic carbocycles. The lowest BCUT2D eigenvalue weighted by molar-refractivity contribution is -0.0506. The van der Waals surface area contributed by atoms with Crippen LogP contribution in [0.25, 0.3) is 11.3 Å². The number of hydrogen-bond donors (Lipinski definition) is 0. The number of benzene rings is 2. The van der Waals surface area contributed by atoms with Gasteiger partial charge < -0.3 is 23.4 Å². The van der Waals surface area contributed by atoms with Crippen molar-refractivity contribution < 1.29 is 36.9 Å². The van der Waals surface area contributed by atoms with Crippen molar-refractivity contribution in [3.63, 3.8) is 0 Å². The van der Waals surface area contributed by atoms with E-state index >= 15 is 0 Å².